The number of ether oxygens (including phenoxy) is 2. The number of fused-ring (bicyclic) bond motifs is 1. The van der Waals surface area contributed by atoms with Crippen LogP contribution in [0.15, 0.2) is 48.5 Å². The third kappa shape index (κ3) is 4.65. The minimum Gasteiger partial charge on any atom is -0.493 e. The van der Waals surface area contributed by atoms with E-state index in [0.29, 0.717) is 13.2 Å². The molecule has 4 nitrogen and oxygen atoms in total. The Balaban J connectivity index is 1.53. The Morgan fingerprint density at radius 1 is 1.16 bits per heavy atom. The second kappa shape index (κ2) is 7.04. The number of rotatable bonds is 4. The first-order valence-electron chi connectivity index (χ1n) is 7.75. The van der Waals surface area contributed by atoms with Crippen LogP contribution in [-0.4, -0.2) is 25.4 Å². The molecule has 132 valence electrons. The van der Waals surface area contributed by atoms with Crippen molar-refractivity contribution in [2.24, 2.45) is 5.92 Å². The molecule has 0 saturated carbocycles. The van der Waals surface area contributed by atoms with Gasteiger partial charge in [-0.2, -0.15) is 0 Å². The van der Waals surface area contributed by atoms with Crippen LogP contribution in [0.5, 0.6) is 11.5 Å². The number of alkyl halides is 3. The lowest BCUT2D eigenvalue weighted by Crippen LogP contribution is -2.34. The van der Waals surface area contributed by atoms with E-state index in [0.717, 1.165) is 29.9 Å². The van der Waals surface area contributed by atoms with Gasteiger partial charge in [0.2, 0.25) is 0 Å². The Kier molecular flexibility index (Phi) is 4.83. The predicted molar refractivity (Wildman–Crippen MR) is 84.6 cm³/mol. The number of carbonyl (C=O) groups is 1. The van der Waals surface area contributed by atoms with Crippen molar-refractivity contribution in [1.82, 2.24) is 5.32 Å². The summed E-state index contributed by atoms with van der Waals surface area (Å²) >= 11 is 0. The molecule has 1 atom stereocenters. The molecule has 0 saturated heterocycles. The van der Waals surface area contributed by atoms with Gasteiger partial charge in [0.25, 0.3) is 5.91 Å². The molecule has 2 aromatic carbocycles. The molecule has 1 heterocycles. The standard InChI is InChI=1S/C18H16F3NO3/c19-18(20,21)25-15-7-5-13(6-8-15)17(23)22-10-12-9-14-3-1-2-4-16(14)24-11-12/h1-8,12H,9-11H2,(H,22,23)/t12-/m1/s1. The Morgan fingerprint density at radius 3 is 2.60 bits per heavy atom. The van der Waals surface area contributed by atoms with Crippen molar-refractivity contribution >= 4 is 5.91 Å². The Hall–Kier alpha value is -2.70. The number of halogens is 3. The molecule has 0 radical (unpaired) electrons. The van der Waals surface area contributed by atoms with Gasteiger partial charge in [-0.3, -0.25) is 4.79 Å². The lowest BCUT2D eigenvalue weighted by atomic mass is 9.96. The van der Waals surface area contributed by atoms with E-state index in [1.54, 1.807) is 0 Å². The van der Waals surface area contributed by atoms with Crippen LogP contribution in [0.4, 0.5) is 13.2 Å². The smallest absolute Gasteiger partial charge is 0.493 e. The highest BCUT2D eigenvalue weighted by atomic mass is 19.4. The first-order chi connectivity index (χ1) is 11.9. The molecule has 0 aromatic heterocycles. The van der Waals surface area contributed by atoms with Gasteiger partial charge in [-0.05, 0) is 42.3 Å². The van der Waals surface area contributed by atoms with Crippen molar-refractivity contribution in [3.05, 3.63) is 59.7 Å². The summed E-state index contributed by atoms with van der Waals surface area (Å²) in [6.07, 6.45) is -3.95. The van der Waals surface area contributed by atoms with Gasteiger partial charge < -0.3 is 14.8 Å². The quantitative estimate of drug-likeness (QED) is 0.916. The van der Waals surface area contributed by atoms with Gasteiger partial charge in [-0.25, -0.2) is 0 Å². The lowest BCUT2D eigenvalue weighted by Gasteiger charge is -2.25. The summed E-state index contributed by atoms with van der Waals surface area (Å²) in [5, 5.41) is 2.79. The number of hydrogen-bond donors (Lipinski definition) is 1. The minimum absolute atomic E-state index is 0.145. The fourth-order valence-corrected chi connectivity index (χ4v) is 2.67. The SMILES string of the molecule is O=C(NC[C@@H]1COc2ccccc2C1)c1ccc(OC(F)(F)F)cc1. The highest BCUT2D eigenvalue weighted by molar-refractivity contribution is 5.94. The number of para-hydroxylation sites is 1. The van der Waals surface area contributed by atoms with Crippen LogP contribution in [0.25, 0.3) is 0 Å². The minimum atomic E-state index is -4.75. The molecular formula is C18H16F3NO3. The lowest BCUT2D eigenvalue weighted by molar-refractivity contribution is -0.274. The van der Waals surface area contributed by atoms with Crippen LogP contribution < -0.4 is 14.8 Å². The van der Waals surface area contributed by atoms with Crippen LogP contribution >= 0.6 is 0 Å². The van der Waals surface area contributed by atoms with E-state index in [4.69, 9.17) is 4.74 Å². The van der Waals surface area contributed by atoms with Gasteiger partial charge in [-0.15, -0.1) is 13.2 Å². The number of benzene rings is 2. The molecule has 2 aromatic rings. The van der Waals surface area contributed by atoms with E-state index in [9.17, 15) is 18.0 Å². The van der Waals surface area contributed by atoms with Gasteiger partial charge >= 0.3 is 6.36 Å². The third-order valence-electron chi connectivity index (χ3n) is 3.86. The molecule has 3 rings (SSSR count). The van der Waals surface area contributed by atoms with Crippen LogP contribution in [0, 0.1) is 5.92 Å². The fourth-order valence-electron chi connectivity index (χ4n) is 2.67. The average molecular weight is 351 g/mol. The number of amides is 1. The largest absolute Gasteiger partial charge is 0.573 e. The molecule has 1 N–H and O–H groups in total. The van der Waals surface area contributed by atoms with E-state index in [1.807, 2.05) is 24.3 Å². The molecule has 1 aliphatic heterocycles. The summed E-state index contributed by atoms with van der Waals surface area (Å²) < 4.78 is 45.8. The van der Waals surface area contributed by atoms with E-state index in [1.165, 1.54) is 12.1 Å². The summed E-state index contributed by atoms with van der Waals surface area (Å²) in [5.74, 6) is 0.302. The van der Waals surface area contributed by atoms with Crippen molar-refractivity contribution in [2.75, 3.05) is 13.2 Å². The highest BCUT2D eigenvalue weighted by Crippen LogP contribution is 2.26. The second-order valence-corrected chi connectivity index (χ2v) is 5.77. The molecule has 0 aliphatic carbocycles. The van der Waals surface area contributed by atoms with Gasteiger partial charge in [-0.1, -0.05) is 18.2 Å². The molecule has 25 heavy (non-hydrogen) atoms. The van der Waals surface area contributed by atoms with Crippen molar-refractivity contribution in [2.45, 2.75) is 12.8 Å². The van der Waals surface area contributed by atoms with Gasteiger partial charge in [0.1, 0.15) is 11.5 Å². The summed E-state index contributed by atoms with van der Waals surface area (Å²) in [5.41, 5.74) is 1.37. The normalized spacial score (nSPS) is 16.5. The molecule has 0 spiro atoms. The molecule has 0 bridgehead atoms. The summed E-state index contributed by atoms with van der Waals surface area (Å²) in [4.78, 5) is 12.1. The fraction of sp³-hybridized carbons (Fsp3) is 0.278. The number of nitrogens with one attached hydrogen (secondary N) is 1. The summed E-state index contributed by atoms with van der Waals surface area (Å²) in [7, 11) is 0. The zero-order valence-corrected chi connectivity index (χ0v) is 13.2. The monoisotopic (exact) mass is 351 g/mol. The van der Waals surface area contributed by atoms with Crippen molar-refractivity contribution in [3.8, 4) is 11.5 Å². The molecule has 0 fully saturated rings. The number of hydrogen-bond acceptors (Lipinski definition) is 3. The van der Waals surface area contributed by atoms with E-state index in [2.05, 4.69) is 10.1 Å². The Labute approximate surface area is 142 Å². The molecule has 7 heteroatoms. The zero-order chi connectivity index (χ0) is 17.9. The Morgan fingerprint density at radius 2 is 1.88 bits per heavy atom. The van der Waals surface area contributed by atoms with Gasteiger partial charge in [0.15, 0.2) is 0 Å². The van der Waals surface area contributed by atoms with Crippen LogP contribution in [-0.2, 0) is 6.42 Å². The molecule has 1 aliphatic rings. The molecule has 0 unspecified atom stereocenters. The maximum atomic E-state index is 12.1. The third-order valence-corrected chi connectivity index (χ3v) is 3.86. The van der Waals surface area contributed by atoms with Crippen LogP contribution in [0.1, 0.15) is 15.9 Å². The maximum Gasteiger partial charge on any atom is 0.573 e. The Bertz CT molecular complexity index is 744. The van der Waals surface area contributed by atoms with Crippen molar-refractivity contribution in [1.29, 1.82) is 0 Å². The van der Waals surface area contributed by atoms with Crippen LogP contribution in [0.3, 0.4) is 0 Å². The summed E-state index contributed by atoms with van der Waals surface area (Å²) in [6, 6.07) is 12.6. The molecular weight excluding hydrogens is 335 g/mol. The van der Waals surface area contributed by atoms with E-state index >= 15 is 0 Å². The highest BCUT2D eigenvalue weighted by Gasteiger charge is 2.31. The summed E-state index contributed by atoms with van der Waals surface area (Å²) in [6.45, 7) is 0.934. The van der Waals surface area contributed by atoms with Crippen molar-refractivity contribution in [3.63, 3.8) is 0 Å². The van der Waals surface area contributed by atoms with Gasteiger partial charge in [0.05, 0.1) is 6.61 Å². The maximum absolute atomic E-state index is 12.1. The predicted octanol–water partition coefficient (Wildman–Crippen LogP) is 3.57. The zero-order valence-electron chi connectivity index (χ0n) is 13.2. The van der Waals surface area contributed by atoms with Gasteiger partial charge in [0, 0.05) is 18.0 Å². The first-order valence-corrected chi connectivity index (χ1v) is 7.75. The topological polar surface area (TPSA) is 47.6 Å². The van der Waals surface area contributed by atoms with Crippen molar-refractivity contribution < 1.29 is 27.4 Å². The van der Waals surface area contributed by atoms with Crippen LogP contribution in [0.2, 0.25) is 0 Å². The first kappa shape index (κ1) is 17.1. The van der Waals surface area contributed by atoms with E-state index in [-0.39, 0.29) is 23.1 Å². The average Bonchev–Trinajstić information content (AvgIpc) is 2.59. The second-order valence-electron chi connectivity index (χ2n) is 5.77. The number of carbonyl (C=O) groups excluding carboxylic acids is 1. The van der Waals surface area contributed by atoms with E-state index < -0.39 is 6.36 Å². The molecule has 1 amide bonds.